The minimum atomic E-state index is 0.329. The molecular formula is C10H11Cl2N. The summed E-state index contributed by atoms with van der Waals surface area (Å²) in [4.78, 5) is 0. The lowest BCUT2D eigenvalue weighted by Gasteiger charge is -1.97. The maximum absolute atomic E-state index is 8.37. The molecule has 1 aromatic carbocycles. The van der Waals surface area contributed by atoms with Gasteiger partial charge in [-0.15, -0.1) is 0 Å². The molecule has 1 nitrogen and oxygen atoms in total. The van der Waals surface area contributed by atoms with Gasteiger partial charge in [-0.1, -0.05) is 43.1 Å². The predicted molar refractivity (Wildman–Crippen MR) is 57.1 cm³/mol. The van der Waals surface area contributed by atoms with Crippen molar-refractivity contribution < 1.29 is 0 Å². The van der Waals surface area contributed by atoms with E-state index in [1.807, 2.05) is 19.9 Å². The molecule has 0 fully saturated rings. The molecule has 0 aromatic heterocycles. The summed E-state index contributed by atoms with van der Waals surface area (Å²) in [5.74, 6) is 0. The van der Waals surface area contributed by atoms with Crippen molar-refractivity contribution in [2.45, 2.75) is 20.3 Å². The van der Waals surface area contributed by atoms with Crippen molar-refractivity contribution in [2.75, 3.05) is 0 Å². The minimum absolute atomic E-state index is 0.329. The van der Waals surface area contributed by atoms with Gasteiger partial charge in [0.15, 0.2) is 0 Å². The van der Waals surface area contributed by atoms with Crippen molar-refractivity contribution in [3.63, 3.8) is 0 Å². The van der Waals surface area contributed by atoms with Gasteiger partial charge in [0.1, 0.15) is 0 Å². The first-order valence-electron chi connectivity index (χ1n) is 4.05. The molecule has 3 heteroatoms. The average Bonchev–Trinajstić information content (AvgIpc) is 2.14. The third-order valence-corrected chi connectivity index (χ3v) is 1.87. The van der Waals surface area contributed by atoms with Crippen LogP contribution in [-0.4, -0.2) is 0 Å². The lowest BCUT2D eigenvalue weighted by Crippen LogP contribution is -1.81. The van der Waals surface area contributed by atoms with Gasteiger partial charge < -0.3 is 0 Å². The highest BCUT2D eigenvalue weighted by Crippen LogP contribution is 2.20. The van der Waals surface area contributed by atoms with Gasteiger partial charge in [-0.2, -0.15) is 5.26 Å². The summed E-state index contributed by atoms with van der Waals surface area (Å²) in [7, 11) is 0. The summed E-state index contributed by atoms with van der Waals surface area (Å²) in [5, 5.41) is 9.52. The maximum atomic E-state index is 8.37. The second-order valence-electron chi connectivity index (χ2n) is 2.07. The van der Waals surface area contributed by atoms with E-state index in [0.717, 1.165) is 5.56 Å². The fraction of sp³-hybridized carbons (Fsp3) is 0.300. The van der Waals surface area contributed by atoms with Crippen LogP contribution in [0.25, 0.3) is 0 Å². The van der Waals surface area contributed by atoms with Crippen LogP contribution in [-0.2, 0) is 6.42 Å². The molecule has 1 aromatic rings. The summed E-state index contributed by atoms with van der Waals surface area (Å²) in [6.07, 6.45) is 0.329. The fourth-order valence-corrected chi connectivity index (χ4v) is 1.23. The zero-order chi connectivity index (χ0) is 10.3. The molecule has 0 unspecified atom stereocenters. The van der Waals surface area contributed by atoms with E-state index in [0.29, 0.717) is 16.5 Å². The molecular weight excluding hydrogens is 205 g/mol. The van der Waals surface area contributed by atoms with E-state index >= 15 is 0 Å². The van der Waals surface area contributed by atoms with E-state index in [4.69, 9.17) is 28.5 Å². The van der Waals surface area contributed by atoms with Gasteiger partial charge in [-0.3, -0.25) is 0 Å². The normalized spacial score (nSPS) is 8.23. The van der Waals surface area contributed by atoms with E-state index in [-0.39, 0.29) is 0 Å². The summed E-state index contributed by atoms with van der Waals surface area (Å²) < 4.78 is 0. The van der Waals surface area contributed by atoms with Gasteiger partial charge in [0.25, 0.3) is 0 Å². The highest BCUT2D eigenvalue weighted by atomic mass is 35.5. The smallest absolute Gasteiger partial charge is 0.0670 e. The molecule has 13 heavy (non-hydrogen) atoms. The molecule has 0 radical (unpaired) electrons. The Bertz CT molecular complexity index is 302. The second-order valence-corrected chi connectivity index (χ2v) is 2.91. The number of benzene rings is 1. The Labute approximate surface area is 88.9 Å². The summed E-state index contributed by atoms with van der Waals surface area (Å²) in [5.41, 5.74) is 0.818. The van der Waals surface area contributed by atoms with E-state index < -0.39 is 0 Å². The minimum Gasteiger partial charge on any atom is -0.198 e. The van der Waals surface area contributed by atoms with Gasteiger partial charge in [0, 0.05) is 10.0 Å². The van der Waals surface area contributed by atoms with Gasteiger partial charge in [0.2, 0.25) is 0 Å². The molecule has 0 aliphatic rings. The number of rotatable bonds is 1. The lowest BCUT2D eigenvalue weighted by atomic mass is 10.2. The highest BCUT2D eigenvalue weighted by Gasteiger charge is 1.98. The van der Waals surface area contributed by atoms with Crippen LogP contribution in [0, 0.1) is 11.3 Å². The molecule has 0 atom stereocenters. The molecule has 0 saturated heterocycles. The van der Waals surface area contributed by atoms with Crippen LogP contribution in [0.5, 0.6) is 0 Å². The Morgan fingerprint density at radius 1 is 1.31 bits per heavy atom. The highest BCUT2D eigenvalue weighted by molar-refractivity contribution is 6.35. The predicted octanol–water partition coefficient (Wildman–Crippen LogP) is 4.09. The van der Waals surface area contributed by atoms with Crippen LogP contribution in [0.1, 0.15) is 19.4 Å². The van der Waals surface area contributed by atoms with Crippen LogP contribution in [0.3, 0.4) is 0 Å². The zero-order valence-corrected chi connectivity index (χ0v) is 9.15. The number of hydrogen-bond donors (Lipinski definition) is 0. The Morgan fingerprint density at radius 2 is 1.92 bits per heavy atom. The molecule has 0 saturated carbocycles. The Balaban J connectivity index is 0.000000671. The number of nitrogens with zero attached hydrogens (tertiary/aromatic N) is 1. The van der Waals surface area contributed by atoms with Crippen molar-refractivity contribution in [1.82, 2.24) is 0 Å². The van der Waals surface area contributed by atoms with Crippen LogP contribution >= 0.6 is 23.2 Å². The standard InChI is InChI=1S/C8H5Cl2N.C2H6/c9-7-2-1-6(3-4-11)8(10)5-7;1-2/h1-2,5H,3H2;1-2H3. The van der Waals surface area contributed by atoms with Gasteiger partial charge >= 0.3 is 0 Å². The summed E-state index contributed by atoms with van der Waals surface area (Å²) >= 11 is 11.4. The van der Waals surface area contributed by atoms with E-state index in [1.165, 1.54) is 0 Å². The van der Waals surface area contributed by atoms with E-state index in [2.05, 4.69) is 0 Å². The SMILES string of the molecule is CC.N#CCc1ccc(Cl)cc1Cl. The van der Waals surface area contributed by atoms with Crippen molar-refractivity contribution >= 4 is 23.2 Å². The molecule has 0 N–H and O–H groups in total. The Hall–Kier alpha value is -0.710. The van der Waals surface area contributed by atoms with Crippen molar-refractivity contribution in [2.24, 2.45) is 0 Å². The number of nitriles is 1. The molecule has 70 valence electrons. The van der Waals surface area contributed by atoms with E-state index in [1.54, 1.807) is 18.2 Å². The second kappa shape index (κ2) is 6.77. The molecule has 0 bridgehead atoms. The lowest BCUT2D eigenvalue weighted by molar-refractivity contribution is 1.26. The number of halogens is 2. The number of hydrogen-bond acceptors (Lipinski definition) is 1. The van der Waals surface area contributed by atoms with Gasteiger partial charge in [-0.25, -0.2) is 0 Å². The molecule has 0 aliphatic heterocycles. The molecule has 0 amide bonds. The molecule has 1 rings (SSSR count). The van der Waals surface area contributed by atoms with Crippen molar-refractivity contribution in [3.8, 4) is 6.07 Å². The van der Waals surface area contributed by atoms with Crippen molar-refractivity contribution in [3.05, 3.63) is 33.8 Å². The topological polar surface area (TPSA) is 23.8 Å². The largest absolute Gasteiger partial charge is 0.198 e. The zero-order valence-electron chi connectivity index (χ0n) is 7.64. The monoisotopic (exact) mass is 215 g/mol. The molecule has 0 aliphatic carbocycles. The fourth-order valence-electron chi connectivity index (χ4n) is 0.750. The van der Waals surface area contributed by atoms with E-state index in [9.17, 15) is 0 Å². The van der Waals surface area contributed by atoms with Gasteiger partial charge in [0.05, 0.1) is 12.5 Å². The first-order valence-corrected chi connectivity index (χ1v) is 4.80. The third-order valence-electron chi connectivity index (χ3n) is 1.28. The average molecular weight is 216 g/mol. The van der Waals surface area contributed by atoms with Crippen LogP contribution in [0.2, 0.25) is 10.0 Å². The quantitative estimate of drug-likeness (QED) is 0.693. The van der Waals surface area contributed by atoms with Crippen molar-refractivity contribution in [1.29, 1.82) is 5.26 Å². The Morgan fingerprint density at radius 3 is 2.38 bits per heavy atom. The van der Waals surface area contributed by atoms with Gasteiger partial charge in [-0.05, 0) is 17.7 Å². The summed E-state index contributed by atoms with van der Waals surface area (Å²) in [6.45, 7) is 4.00. The third kappa shape index (κ3) is 4.17. The van der Waals surface area contributed by atoms with Crippen LogP contribution in [0.15, 0.2) is 18.2 Å². The Kier molecular flexibility index (Phi) is 6.40. The van der Waals surface area contributed by atoms with Crippen LogP contribution < -0.4 is 0 Å². The maximum Gasteiger partial charge on any atom is 0.0670 e. The summed E-state index contributed by atoms with van der Waals surface area (Å²) in [6, 6.07) is 7.13. The van der Waals surface area contributed by atoms with Crippen LogP contribution in [0.4, 0.5) is 0 Å². The first-order chi connectivity index (χ1) is 6.24. The molecule has 0 heterocycles. The first kappa shape index (κ1) is 12.3. The molecule has 0 spiro atoms.